The monoisotopic (exact) mass is 308 g/mol. The van der Waals surface area contributed by atoms with Crippen LogP contribution in [0.1, 0.15) is 24.8 Å². The maximum Gasteiger partial charge on any atom is 0.260 e. The summed E-state index contributed by atoms with van der Waals surface area (Å²) in [4.78, 5) is 14.2. The van der Waals surface area contributed by atoms with Crippen LogP contribution in [0.3, 0.4) is 0 Å². The predicted octanol–water partition coefficient (Wildman–Crippen LogP) is 1.07. The SMILES string of the molecule is NC(=S)c1ccc(OCC(=O)N2CCCCC2CO)cc1. The minimum atomic E-state index is -0.0906. The van der Waals surface area contributed by atoms with Gasteiger partial charge in [0, 0.05) is 12.1 Å². The summed E-state index contributed by atoms with van der Waals surface area (Å²) in [6.45, 7) is 0.672. The maximum atomic E-state index is 12.2. The molecule has 6 heteroatoms. The lowest BCUT2D eigenvalue weighted by Crippen LogP contribution is -2.47. The molecule has 1 aromatic rings. The van der Waals surface area contributed by atoms with Gasteiger partial charge < -0.3 is 20.5 Å². The lowest BCUT2D eigenvalue weighted by atomic mass is 10.0. The fourth-order valence-corrected chi connectivity index (χ4v) is 2.60. The molecule has 1 heterocycles. The summed E-state index contributed by atoms with van der Waals surface area (Å²) in [5, 5.41) is 9.32. The van der Waals surface area contributed by atoms with Gasteiger partial charge in [-0.2, -0.15) is 0 Å². The fraction of sp³-hybridized carbons (Fsp3) is 0.467. The van der Waals surface area contributed by atoms with E-state index in [2.05, 4.69) is 0 Å². The first-order chi connectivity index (χ1) is 10.1. The molecule has 1 amide bonds. The first kappa shape index (κ1) is 15.7. The average molecular weight is 308 g/mol. The second kappa shape index (κ2) is 7.38. The van der Waals surface area contributed by atoms with Gasteiger partial charge in [0.2, 0.25) is 0 Å². The van der Waals surface area contributed by atoms with Crippen LogP contribution in [0.5, 0.6) is 5.75 Å². The topological polar surface area (TPSA) is 75.8 Å². The Morgan fingerprint density at radius 1 is 1.38 bits per heavy atom. The number of aliphatic hydroxyl groups is 1. The number of benzene rings is 1. The highest BCUT2D eigenvalue weighted by Crippen LogP contribution is 2.17. The smallest absolute Gasteiger partial charge is 0.260 e. The quantitative estimate of drug-likeness (QED) is 0.796. The number of nitrogens with zero attached hydrogens (tertiary/aromatic N) is 1. The van der Waals surface area contributed by atoms with E-state index in [1.165, 1.54) is 0 Å². The number of hydrogen-bond acceptors (Lipinski definition) is 4. The van der Waals surface area contributed by atoms with Gasteiger partial charge in [0.25, 0.3) is 5.91 Å². The van der Waals surface area contributed by atoms with Crippen LogP contribution in [0, 0.1) is 0 Å². The molecule has 0 aromatic heterocycles. The van der Waals surface area contributed by atoms with Gasteiger partial charge in [-0.05, 0) is 43.5 Å². The fourth-order valence-electron chi connectivity index (χ4n) is 2.46. The number of rotatable bonds is 5. The Labute approximate surface area is 129 Å². The molecule has 1 atom stereocenters. The zero-order valence-electron chi connectivity index (χ0n) is 11.8. The van der Waals surface area contributed by atoms with E-state index in [0.29, 0.717) is 17.3 Å². The van der Waals surface area contributed by atoms with Gasteiger partial charge in [-0.1, -0.05) is 12.2 Å². The summed E-state index contributed by atoms with van der Waals surface area (Å²) in [5.41, 5.74) is 6.28. The Kier molecular flexibility index (Phi) is 5.52. The van der Waals surface area contributed by atoms with Gasteiger partial charge in [0.05, 0.1) is 12.6 Å². The first-order valence-electron chi connectivity index (χ1n) is 7.05. The van der Waals surface area contributed by atoms with Crippen molar-refractivity contribution in [2.24, 2.45) is 5.73 Å². The molecular formula is C15H20N2O3S. The molecular weight excluding hydrogens is 288 g/mol. The summed E-state index contributed by atoms with van der Waals surface area (Å²) in [6.07, 6.45) is 2.88. The third kappa shape index (κ3) is 4.15. The van der Waals surface area contributed by atoms with E-state index in [1.807, 2.05) is 0 Å². The highest BCUT2D eigenvalue weighted by atomic mass is 32.1. The second-order valence-electron chi connectivity index (χ2n) is 5.10. The first-order valence-corrected chi connectivity index (χ1v) is 7.45. The van der Waals surface area contributed by atoms with Crippen molar-refractivity contribution in [2.45, 2.75) is 25.3 Å². The van der Waals surface area contributed by atoms with Crippen molar-refractivity contribution in [2.75, 3.05) is 19.8 Å². The summed E-state index contributed by atoms with van der Waals surface area (Å²) < 4.78 is 5.49. The number of nitrogens with two attached hydrogens (primary N) is 1. The lowest BCUT2D eigenvalue weighted by Gasteiger charge is -2.34. The van der Waals surface area contributed by atoms with E-state index < -0.39 is 0 Å². The molecule has 0 aliphatic carbocycles. The summed E-state index contributed by atoms with van der Waals surface area (Å²) >= 11 is 4.88. The molecule has 2 rings (SSSR count). The second-order valence-corrected chi connectivity index (χ2v) is 5.54. The number of aliphatic hydroxyl groups excluding tert-OH is 1. The van der Waals surface area contributed by atoms with Crippen molar-refractivity contribution in [3.05, 3.63) is 29.8 Å². The molecule has 0 spiro atoms. The van der Waals surface area contributed by atoms with Gasteiger partial charge >= 0.3 is 0 Å². The molecule has 1 unspecified atom stereocenters. The van der Waals surface area contributed by atoms with Crippen molar-refractivity contribution in [3.8, 4) is 5.75 Å². The molecule has 0 radical (unpaired) electrons. The molecule has 1 aliphatic rings. The van der Waals surface area contributed by atoms with Crippen LogP contribution >= 0.6 is 12.2 Å². The minimum absolute atomic E-state index is 0.00832. The van der Waals surface area contributed by atoms with Gasteiger partial charge in [-0.15, -0.1) is 0 Å². The summed E-state index contributed by atoms with van der Waals surface area (Å²) in [6, 6.07) is 6.93. The third-order valence-electron chi connectivity index (χ3n) is 3.66. The molecule has 0 bridgehead atoms. The van der Waals surface area contributed by atoms with E-state index in [4.69, 9.17) is 22.7 Å². The Balaban J connectivity index is 1.89. The number of carbonyl (C=O) groups is 1. The summed E-state index contributed by atoms with van der Waals surface area (Å²) in [5.74, 6) is 0.507. The molecule has 114 valence electrons. The zero-order valence-corrected chi connectivity index (χ0v) is 12.6. The number of hydrogen-bond donors (Lipinski definition) is 2. The van der Waals surface area contributed by atoms with Crippen molar-refractivity contribution < 1.29 is 14.6 Å². The molecule has 1 aliphatic heterocycles. The number of amides is 1. The Morgan fingerprint density at radius 3 is 2.71 bits per heavy atom. The number of thiocarbonyl (C=S) groups is 1. The van der Waals surface area contributed by atoms with Crippen molar-refractivity contribution in [3.63, 3.8) is 0 Å². The van der Waals surface area contributed by atoms with E-state index in [9.17, 15) is 9.90 Å². The third-order valence-corrected chi connectivity index (χ3v) is 3.90. The molecule has 21 heavy (non-hydrogen) atoms. The predicted molar refractivity (Wildman–Crippen MR) is 84.3 cm³/mol. The molecule has 1 aromatic carbocycles. The van der Waals surface area contributed by atoms with Crippen LogP contribution in [-0.4, -0.2) is 46.7 Å². The van der Waals surface area contributed by atoms with Crippen LogP contribution in [0.25, 0.3) is 0 Å². The van der Waals surface area contributed by atoms with E-state index in [-0.39, 0.29) is 25.2 Å². The van der Waals surface area contributed by atoms with Crippen molar-refractivity contribution >= 4 is 23.1 Å². The lowest BCUT2D eigenvalue weighted by molar-refractivity contribution is -0.138. The van der Waals surface area contributed by atoms with Crippen LogP contribution in [-0.2, 0) is 4.79 Å². The van der Waals surface area contributed by atoms with Crippen molar-refractivity contribution in [1.82, 2.24) is 4.90 Å². The molecule has 5 nitrogen and oxygen atoms in total. The Bertz CT molecular complexity index is 504. The summed E-state index contributed by atoms with van der Waals surface area (Å²) in [7, 11) is 0. The van der Waals surface area contributed by atoms with Gasteiger partial charge in [-0.25, -0.2) is 0 Å². The number of piperidine rings is 1. The maximum absolute atomic E-state index is 12.2. The largest absolute Gasteiger partial charge is 0.484 e. The Morgan fingerprint density at radius 2 is 2.10 bits per heavy atom. The molecule has 1 saturated heterocycles. The Hall–Kier alpha value is -1.66. The highest BCUT2D eigenvalue weighted by Gasteiger charge is 2.26. The van der Waals surface area contributed by atoms with Crippen molar-refractivity contribution in [1.29, 1.82) is 0 Å². The number of likely N-dealkylation sites (tertiary alicyclic amines) is 1. The molecule has 3 N–H and O–H groups in total. The van der Waals surface area contributed by atoms with Crippen LogP contribution in [0.4, 0.5) is 0 Å². The normalized spacial score (nSPS) is 18.3. The number of ether oxygens (including phenoxy) is 1. The highest BCUT2D eigenvalue weighted by molar-refractivity contribution is 7.80. The van der Waals surface area contributed by atoms with Gasteiger partial charge in [0.15, 0.2) is 6.61 Å². The van der Waals surface area contributed by atoms with E-state index >= 15 is 0 Å². The van der Waals surface area contributed by atoms with Crippen LogP contribution in [0.15, 0.2) is 24.3 Å². The number of carbonyl (C=O) groups excluding carboxylic acids is 1. The van der Waals surface area contributed by atoms with Gasteiger partial charge in [0.1, 0.15) is 10.7 Å². The standard InChI is InChI=1S/C15H20N2O3S/c16-15(21)11-4-6-13(7-5-11)20-10-14(19)17-8-2-1-3-12(17)9-18/h4-7,12,18H,1-3,8-10H2,(H2,16,21). The molecule has 0 saturated carbocycles. The average Bonchev–Trinajstić information content (AvgIpc) is 2.52. The van der Waals surface area contributed by atoms with E-state index in [0.717, 1.165) is 24.8 Å². The molecule has 1 fully saturated rings. The van der Waals surface area contributed by atoms with Gasteiger partial charge in [-0.3, -0.25) is 4.79 Å². The minimum Gasteiger partial charge on any atom is -0.484 e. The van der Waals surface area contributed by atoms with E-state index in [1.54, 1.807) is 29.2 Å². The zero-order chi connectivity index (χ0) is 15.2. The van der Waals surface area contributed by atoms with Crippen LogP contribution in [0.2, 0.25) is 0 Å². The van der Waals surface area contributed by atoms with Crippen LogP contribution < -0.4 is 10.5 Å².